The number of rotatable bonds is 3. The van der Waals surface area contributed by atoms with Crippen molar-refractivity contribution < 1.29 is 4.74 Å². The molecule has 13 heavy (non-hydrogen) atoms. The zero-order valence-electron chi connectivity index (χ0n) is 7.95. The predicted octanol–water partition coefficient (Wildman–Crippen LogP) is 2.54. The molecule has 2 heteroatoms. The lowest BCUT2D eigenvalue weighted by Gasteiger charge is -2.09. The Morgan fingerprint density at radius 2 is 1.92 bits per heavy atom. The van der Waals surface area contributed by atoms with Gasteiger partial charge in [-0.25, -0.2) is 0 Å². The minimum Gasteiger partial charge on any atom is -0.491 e. The van der Waals surface area contributed by atoms with E-state index in [2.05, 4.69) is 6.07 Å². The molecule has 0 atom stereocenters. The van der Waals surface area contributed by atoms with Gasteiger partial charge >= 0.3 is 0 Å². The maximum atomic E-state index is 8.45. The highest BCUT2D eigenvalue weighted by Gasteiger charge is 1.97. The molecule has 0 bridgehead atoms. The molecule has 0 heterocycles. The van der Waals surface area contributed by atoms with E-state index in [4.69, 9.17) is 10.00 Å². The summed E-state index contributed by atoms with van der Waals surface area (Å²) < 4.78 is 5.46. The first kappa shape index (κ1) is 9.60. The largest absolute Gasteiger partial charge is 0.491 e. The monoisotopic (exact) mass is 175 g/mol. The van der Waals surface area contributed by atoms with Crippen molar-refractivity contribution in [1.29, 1.82) is 5.26 Å². The Labute approximate surface area is 78.8 Å². The first-order chi connectivity index (χ1) is 6.22. The lowest BCUT2D eigenvalue weighted by molar-refractivity contribution is 0.242. The Morgan fingerprint density at radius 3 is 2.38 bits per heavy atom. The SMILES string of the molecule is CC(C)Oc1ccc(CC#N)cc1. The molecular weight excluding hydrogens is 162 g/mol. The average molecular weight is 175 g/mol. The second-order valence-electron chi connectivity index (χ2n) is 3.15. The Hall–Kier alpha value is -1.49. The van der Waals surface area contributed by atoms with Crippen molar-refractivity contribution in [3.8, 4) is 11.8 Å². The van der Waals surface area contributed by atoms with Crippen molar-refractivity contribution in [2.24, 2.45) is 0 Å². The van der Waals surface area contributed by atoms with Gasteiger partial charge in [0, 0.05) is 0 Å². The lowest BCUT2D eigenvalue weighted by atomic mass is 10.2. The van der Waals surface area contributed by atoms with E-state index in [-0.39, 0.29) is 6.10 Å². The van der Waals surface area contributed by atoms with Crippen LogP contribution in [0.15, 0.2) is 24.3 Å². The van der Waals surface area contributed by atoms with E-state index >= 15 is 0 Å². The summed E-state index contributed by atoms with van der Waals surface area (Å²) in [5.41, 5.74) is 1.03. The summed E-state index contributed by atoms with van der Waals surface area (Å²) in [6.45, 7) is 3.98. The second kappa shape index (κ2) is 4.51. The van der Waals surface area contributed by atoms with Gasteiger partial charge in [0.1, 0.15) is 5.75 Å². The molecule has 0 aliphatic rings. The fraction of sp³-hybridized carbons (Fsp3) is 0.364. The maximum Gasteiger partial charge on any atom is 0.119 e. The molecule has 0 aliphatic carbocycles. The van der Waals surface area contributed by atoms with Crippen LogP contribution >= 0.6 is 0 Å². The molecule has 0 unspecified atom stereocenters. The molecule has 0 radical (unpaired) electrons. The molecule has 0 amide bonds. The molecule has 1 aromatic rings. The molecule has 1 rings (SSSR count). The van der Waals surface area contributed by atoms with Crippen LogP contribution in [0.3, 0.4) is 0 Å². The van der Waals surface area contributed by atoms with Gasteiger partial charge < -0.3 is 4.74 Å². The molecular formula is C11H13NO. The first-order valence-corrected chi connectivity index (χ1v) is 4.35. The van der Waals surface area contributed by atoms with Crippen LogP contribution in [0.1, 0.15) is 19.4 Å². The van der Waals surface area contributed by atoms with E-state index < -0.39 is 0 Å². The highest BCUT2D eigenvalue weighted by Crippen LogP contribution is 2.13. The molecule has 1 aromatic carbocycles. The topological polar surface area (TPSA) is 33.0 Å². The highest BCUT2D eigenvalue weighted by molar-refractivity contribution is 5.28. The molecule has 68 valence electrons. The van der Waals surface area contributed by atoms with Crippen LogP contribution in [-0.4, -0.2) is 6.10 Å². The molecule has 0 saturated heterocycles. The van der Waals surface area contributed by atoms with Gasteiger partial charge in [0.2, 0.25) is 0 Å². The normalized spacial score (nSPS) is 9.69. The van der Waals surface area contributed by atoms with Crippen molar-refractivity contribution in [3.63, 3.8) is 0 Å². The summed E-state index contributed by atoms with van der Waals surface area (Å²) in [6, 6.07) is 9.73. The molecule has 0 N–H and O–H groups in total. The lowest BCUT2D eigenvalue weighted by Crippen LogP contribution is -2.05. The number of hydrogen-bond donors (Lipinski definition) is 0. The van der Waals surface area contributed by atoms with Crippen molar-refractivity contribution in [3.05, 3.63) is 29.8 Å². The molecule has 0 saturated carbocycles. The minimum absolute atomic E-state index is 0.196. The molecule has 0 fully saturated rings. The van der Waals surface area contributed by atoms with Crippen molar-refractivity contribution in [2.75, 3.05) is 0 Å². The number of ether oxygens (including phenoxy) is 1. The van der Waals surface area contributed by atoms with Gasteiger partial charge in [0.25, 0.3) is 0 Å². The number of hydrogen-bond acceptors (Lipinski definition) is 2. The summed E-state index contributed by atoms with van der Waals surface area (Å²) in [5, 5.41) is 8.45. The number of benzene rings is 1. The molecule has 2 nitrogen and oxygen atoms in total. The number of nitrogens with zero attached hydrogens (tertiary/aromatic N) is 1. The van der Waals surface area contributed by atoms with Gasteiger partial charge in [0.15, 0.2) is 0 Å². The van der Waals surface area contributed by atoms with E-state index in [1.54, 1.807) is 0 Å². The van der Waals surface area contributed by atoms with Gasteiger partial charge in [-0.3, -0.25) is 0 Å². The van der Waals surface area contributed by atoms with Gasteiger partial charge in [-0.1, -0.05) is 12.1 Å². The Kier molecular flexibility index (Phi) is 3.33. The maximum absolute atomic E-state index is 8.45. The van der Waals surface area contributed by atoms with E-state index in [9.17, 15) is 0 Å². The second-order valence-corrected chi connectivity index (χ2v) is 3.15. The van der Waals surface area contributed by atoms with Crippen LogP contribution in [0.25, 0.3) is 0 Å². The van der Waals surface area contributed by atoms with Crippen LogP contribution in [0.2, 0.25) is 0 Å². The van der Waals surface area contributed by atoms with Crippen molar-refractivity contribution in [2.45, 2.75) is 26.4 Å². The van der Waals surface area contributed by atoms with Crippen molar-refractivity contribution >= 4 is 0 Å². The third kappa shape index (κ3) is 3.16. The van der Waals surface area contributed by atoms with E-state index in [1.165, 1.54) is 0 Å². The Bertz CT molecular complexity index is 295. The van der Waals surface area contributed by atoms with Gasteiger partial charge in [-0.15, -0.1) is 0 Å². The van der Waals surface area contributed by atoms with E-state index in [0.717, 1.165) is 11.3 Å². The average Bonchev–Trinajstić information content (AvgIpc) is 2.08. The van der Waals surface area contributed by atoms with Gasteiger partial charge in [-0.2, -0.15) is 5.26 Å². The first-order valence-electron chi connectivity index (χ1n) is 4.35. The van der Waals surface area contributed by atoms with Crippen LogP contribution in [-0.2, 0) is 6.42 Å². The number of nitriles is 1. The fourth-order valence-electron chi connectivity index (χ4n) is 1.05. The van der Waals surface area contributed by atoms with Gasteiger partial charge in [-0.05, 0) is 31.5 Å². The molecule has 0 aromatic heterocycles. The van der Waals surface area contributed by atoms with E-state index in [0.29, 0.717) is 6.42 Å². The van der Waals surface area contributed by atoms with Crippen molar-refractivity contribution in [1.82, 2.24) is 0 Å². The van der Waals surface area contributed by atoms with Crippen LogP contribution in [0.5, 0.6) is 5.75 Å². The summed E-state index contributed by atoms with van der Waals surface area (Å²) in [4.78, 5) is 0. The molecule has 0 spiro atoms. The minimum atomic E-state index is 0.196. The summed E-state index contributed by atoms with van der Waals surface area (Å²) in [5.74, 6) is 0.858. The standard InChI is InChI=1S/C11H13NO/c1-9(2)13-11-5-3-10(4-6-11)7-8-12/h3-6,9H,7H2,1-2H3. The summed E-state index contributed by atoms with van der Waals surface area (Å²) in [7, 11) is 0. The van der Waals surface area contributed by atoms with Crippen LogP contribution in [0, 0.1) is 11.3 Å². The quantitative estimate of drug-likeness (QED) is 0.707. The van der Waals surface area contributed by atoms with E-state index in [1.807, 2.05) is 38.1 Å². The van der Waals surface area contributed by atoms with Crippen LogP contribution < -0.4 is 4.74 Å². The third-order valence-corrected chi connectivity index (χ3v) is 1.58. The Balaban J connectivity index is 2.65. The predicted molar refractivity (Wildman–Crippen MR) is 51.5 cm³/mol. The smallest absolute Gasteiger partial charge is 0.119 e. The highest BCUT2D eigenvalue weighted by atomic mass is 16.5. The third-order valence-electron chi connectivity index (χ3n) is 1.58. The Morgan fingerprint density at radius 1 is 1.31 bits per heavy atom. The zero-order chi connectivity index (χ0) is 9.68. The van der Waals surface area contributed by atoms with Gasteiger partial charge in [0.05, 0.1) is 18.6 Å². The summed E-state index contributed by atoms with van der Waals surface area (Å²) >= 11 is 0. The fourth-order valence-corrected chi connectivity index (χ4v) is 1.05. The summed E-state index contributed by atoms with van der Waals surface area (Å²) in [6.07, 6.45) is 0.656. The zero-order valence-corrected chi connectivity index (χ0v) is 7.95. The molecule has 0 aliphatic heterocycles. The van der Waals surface area contributed by atoms with Crippen LogP contribution in [0.4, 0.5) is 0 Å².